The van der Waals surface area contributed by atoms with Crippen molar-refractivity contribution in [1.82, 2.24) is 0 Å². The van der Waals surface area contributed by atoms with E-state index in [2.05, 4.69) is 13.8 Å². The highest BCUT2D eigenvalue weighted by molar-refractivity contribution is 5.84. The first-order valence-electron chi connectivity index (χ1n) is 6.64. The van der Waals surface area contributed by atoms with Crippen molar-refractivity contribution in [3.05, 3.63) is 29.8 Å². The summed E-state index contributed by atoms with van der Waals surface area (Å²) in [5.74, 6) is -1.33. The van der Waals surface area contributed by atoms with E-state index in [-0.39, 0.29) is 6.42 Å². The van der Waals surface area contributed by atoms with Crippen LogP contribution >= 0.6 is 0 Å². The van der Waals surface area contributed by atoms with Crippen LogP contribution in [0.5, 0.6) is 5.75 Å². The Balaban J connectivity index is 2.68. The number of carbonyl (C=O) groups excluding carboxylic acids is 1. The second-order valence-electron chi connectivity index (χ2n) is 5.16. The summed E-state index contributed by atoms with van der Waals surface area (Å²) in [5.41, 5.74) is 5.61. The number of hydrogen-bond acceptors (Lipinski definition) is 3. The van der Waals surface area contributed by atoms with Gasteiger partial charge in [0, 0.05) is 6.42 Å². The molecule has 0 saturated carbocycles. The largest absolute Gasteiger partial charge is 0.494 e. The average molecular weight is 279 g/mol. The standard InChI is InChI=1S/C15H21NO4/c1-10(2)7-8-20-12-5-3-11(4-6-12)13(15(18)19)9-14(16)17/h3-6,10,13H,7-9H2,1-2H3,(H2,16,17)(H,18,19)/t13-/m0/s1. The summed E-state index contributed by atoms with van der Waals surface area (Å²) in [5, 5.41) is 9.11. The summed E-state index contributed by atoms with van der Waals surface area (Å²) in [6.45, 7) is 4.86. The van der Waals surface area contributed by atoms with Gasteiger partial charge in [0.1, 0.15) is 5.75 Å². The quantitative estimate of drug-likeness (QED) is 0.763. The van der Waals surface area contributed by atoms with Crippen LogP contribution in [-0.2, 0) is 9.59 Å². The Hall–Kier alpha value is -2.04. The maximum Gasteiger partial charge on any atom is 0.311 e. The number of ether oxygens (including phenoxy) is 1. The highest BCUT2D eigenvalue weighted by Gasteiger charge is 2.22. The highest BCUT2D eigenvalue weighted by Crippen LogP contribution is 2.23. The van der Waals surface area contributed by atoms with Crippen molar-refractivity contribution in [2.45, 2.75) is 32.6 Å². The molecule has 0 aliphatic rings. The lowest BCUT2D eigenvalue weighted by Gasteiger charge is -2.12. The number of amides is 1. The van der Waals surface area contributed by atoms with E-state index in [0.29, 0.717) is 23.8 Å². The molecule has 0 spiro atoms. The Morgan fingerprint density at radius 1 is 1.25 bits per heavy atom. The van der Waals surface area contributed by atoms with Crippen LogP contribution in [0.25, 0.3) is 0 Å². The summed E-state index contributed by atoms with van der Waals surface area (Å²) in [4.78, 5) is 22.0. The number of carboxylic acid groups (broad SMARTS) is 1. The van der Waals surface area contributed by atoms with Gasteiger partial charge in [-0.2, -0.15) is 0 Å². The van der Waals surface area contributed by atoms with Crippen molar-refractivity contribution in [3.63, 3.8) is 0 Å². The maximum absolute atomic E-state index is 11.1. The Labute approximate surface area is 118 Å². The van der Waals surface area contributed by atoms with Crippen molar-refractivity contribution in [3.8, 4) is 5.75 Å². The molecule has 0 heterocycles. The molecule has 0 saturated heterocycles. The third kappa shape index (κ3) is 5.30. The fourth-order valence-corrected chi connectivity index (χ4v) is 1.76. The van der Waals surface area contributed by atoms with Crippen LogP contribution in [-0.4, -0.2) is 23.6 Å². The Kier molecular flexibility index (Phi) is 6.03. The van der Waals surface area contributed by atoms with Crippen LogP contribution in [0, 0.1) is 5.92 Å². The van der Waals surface area contributed by atoms with Crippen LogP contribution in [0.3, 0.4) is 0 Å². The smallest absolute Gasteiger partial charge is 0.311 e. The minimum Gasteiger partial charge on any atom is -0.494 e. The molecule has 1 atom stereocenters. The molecular weight excluding hydrogens is 258 g/mol. The lowest BCUT2D eigenvalue weighted by Crippen LogP contribution is -2.20. The van der Waals surface area contributed by atoms with Gasteiger partial charge in [-0.25, -0.2) is 0 Å². The second kappa shape index (κ2) is 7.53. The summed E-state index contributed by atoms with van der Waals surface area (Å²) in [7, 11) is 0. The number of aliphatic carboxylic acids is 1. The van der Waals surface area contributed by atoms with Crippen molar-refractivity contribution < 1.29 is 19.4 Å². The van der Waals surface area contributed by atoms with Crippen LogP contribution in [0.1, 0.15) is 38.2 Å². The Morgan fingerprint density at radius 2 is 1.85 bits per heavy atom. The predicted octanol–water partition coefficient (Wildman–Crippen LogP) is 2.16. The summed E-state index contributed by atoms with van der Waals surface area (Å²) in [6, 6.07) is 6.75. The molecule has 5 nitrogen and oxygen atoms in total. The first-order valence-corrected chi connectivity index (χ1v) is 6.64. The highest BCUT2D eigenvalue weighted by atomic mass is 16.5. The number of nitrogens with two attached hydrogens (primary N) is 1. The molecule has 0 aliphatic heterocycles. The number of benzene rings is 1. The van der Waals surface area contributed by atoms with Gasteiger partial charge in [-0.05, 0) is 30.0 Å². The van der Waals surface area contributed by atoms with Gasteiger partial charge in [0.2, 0.25) is 5.91 Å². The first kappa shape index (κ1) is 16.0. The Bertz CT molecular complexity index is 453. The van der Waals surface area contributed by atoms with Gasteiger partial charge in [0.15, 0.2) is 0 Å². The van der Waals surface area contributed by atoms with E-state index in [9.17, 15) is 9.59 Å². The lowest BCUT2D eigenvalue weighted by atomic mass is 9.95. The predicted molar refractivity (Wildman–Crippen MR) is 75.6 cm³/mol. The molecule has 1 rings (SSSR count). The second-order valence-corrected chi connectivity index (χ2v) is 5.16. The van der Waals surface area contributed by atoms with E-state index >= 15 is 0 Å². The van der Waals surface area contributed by atoms with Crippen molar-refractivity contribution >= 4 is 11.9 Å². The molecule has 1 aromatic carbocycles. The SMILES string of the molecule is CC(C)CCOc1ccc([C@H](CC(N)=O)C(=O)O)cc1. The van der Waals surface area contributed by atoms with E-state index in [1.165, 1.54) is 0 Å². The van der Waals surface area contributed by atoms with Gasteiger partial charge in [-0.15, -0.1) is 0 Å². The van der Waals surface area contributed by atoms with E-state index in [0.717, 1.165) is 6.42 Å². The minimum atomic E-state index is -1.06. The first-order chi connectivity index (χ1) is 9.40. The molecule has 20 heavy (non-hydrogen) atoms. The van der Waals surface area contributed by atoms with Crippen molar-refractivity contribution in [1.29, 1.82) is 0 Å². The summed E-state index contributed by atoms with van der Waals surface area (Å²) >= 11 is 0. The Morgan fingerprint density at radius 3 is 2.30 bits per heavy atom. The summed E-state index contributed by atoms with van der Waals surface area (Å²) < 4.78 is 5.55. The molecule has 3 N–H and O–H groups in total. The molecule has 5 heteroatoms. The number of primary amides is 1. The molecule has 0 unspecified atom stereocenters. The fourth-order valence-electron chi connectivity index (χ4n) is 1.76. The molecular formula is C15H21NO4. The zero-order valence-corrected chi connectivity index (χ0v) is 11.8. The molecule has 0 aromatic heterocycles. The number of carbonyl (C=O) groups is 2. The average Bonchev–Trinajstić information content (AvgIpc) is 2.36. The van der Waals surface area contributed by atoms with Gasteiger partial charge >= 0.3 is 5.97 Å². The van der Waals surface area contributed by atoms with Crippen LogP contribution in [0.15, 0.2) is 24.3 Å². The number of rotatable bonds is 8. The zero-order chi connectivity index (χ0) is 15.1. The number of carboxylic acids is 1. The lowest BCUT2D eigenvalue weighted by molar-refractivity contribution is -0.140. The number of hydrogen-bond donors (Lipinski definition) is 2. The van der Waals surface area contributed by atoms with Gasteiger partial charge in [-0.3, -0.25) is 9.59 Å². The van der Waals surface area contributed by atoms with Gasteiger partial charge < -0.3 is 15.6 Å². The van der Waals surface area contributed by atoms with Crippen molar-refractivity contribution in [2.24, 2.45) is 11.7 Å². The molecule has 1 aromatic rings. The minimum absolute atomic E-state index is 0.205. The maximum atomic E-state index is 11.1. The topological polar surface area (TPSA) is 89.6 Å². The molecule has 1 amide bonds. The van der Waals surface area contributed by atoms with Crippen molar-refractivity contribution in [2.75, 3.05) is 6.61 Å². The monoisotopic (exact) mass is 279 g/mol. The van der Waals surface area contributed by atoms with Gasteiger partial charge in [0.25, 0.3) is 0 Å². The van der Waals surface area contributed by atoms with Crippen LogP contribution in [0.2, 0.25) is 0 Å². The van der Waals surface area contributed by atoms with Crippen LogP contribution in [0.4, 0.5) is 0 Å². The van der Waals surface area contributed by atoms with Gasteiger partial charge in [-0.1, -0.05) is 26.0 Å². The zero-order valence-electron chi connectivity index (χ0n) is 11.8. The van der Waals surface area contributed by atoms with E-state index < -0.39 is 17.8 Å². The molecule has 0 bridgehead atoms. The molecule has 0 radical (unpaired) electrons. The normalized spacial score (nSPS) is 12.2. The van der Waals surface area contributed by atoms with Gasteiger partial charge in [0.05, 0.1) is 12.5 Å². The molecule has 0 aliphatic carbocycles. The third-order valence-corrected chi connectivity index (χ3v) is 2.95. The molecule has 110 valence electrons. The summed E-state index contributed by atoms with van der Waals surface area (Å²) in [6.07, 6.45) is 0.754. The molecule has 0 fully saturated rings. The van der Waals surface area contributed by atoms with E-state index in [1.807, 2.05) is 0 Å². The third-order valence-electron chi connectivity index (χ3n) is 2.95. The van der Waals surface area contributed by atoms with E-state index in [1.54, 1.807) is 24.3 Å². The fraction of sp³-hybridized carbons (Fsp3) is 0.467. The van der Waals surface area contributed by atoms with E-state index in [4.69, 9.17) is 15.6 Å². The van der Waals surface area contributed by atoms with Crippen LogP contribution < -0.4 is 10.5 Å².